The minimum Gasteiger partial charge on any atom is -0.393 e. The van der Waals surface area contributed by atoms with Crippen LogP contribution in [0.2, 0.25) is 0 Å². The Morgan fingerprint density at radius 1 is 0.870 bits per heavy atom. The molecule has 0 aromatic rings. The van der Waals surface area contributed by atoms with Gasteiger partial charge in [-0.3, -0.25) is 0 Å². The Morgan fingerprint density at radius 2 is 1.57 bits per heavy atom. The minimum atomic E-state index is -0.0105. The molecule has 4 rings (SSSR count). The summed E-state index contributed by atoms with van der Waals surface area (Å²) in [6, 6.07) is 0.747. The largest absolute Gasteiger partial charge is 0.393 e. The van der Waals surface area contributed by atoms with Gasteiger partial charge >= 0.3 is 0 Å². The van der Waals surface area contributed by atoms with Crippen LogP contribution in [-0.4, -0.2) is 24.3 Å². The molecule has 4 saturated carbocycles. The molecule has 0 spiro atoms. The molecule has 8 atom stereocenters. The van der Waals surface area contributed by atoms with Gasteiger partial charge in [-0.1, -0.05) is 13.8 Å². The number of halogens is 1. The van der Waals surface area contributed by atoms with Crippen molar-refractivity contribution in [2.75, 3.05) is 7.05 Å². The number of hydrogen-bond acceptors (Lipinski definition) is 2. The summed E-state index contributed by atoms with van der Waals surface area (Å²) in [5.41, 5.74) is 1.08. The zero-order valence-corrected chi connectivity index (χ0v) is 16.0. The summed E-state index contributed by atoms with van der Waals surface area (Å²) in [6.07, 6.45) is 11.9. The molecule has 23 heavy (non-hydrogen) atoms. The molecule has 2 N–H and O–H groups in total. The topological polar surface area (TPSA) is 32.3 Å². The fourth-order valence-corrected chi connectivity index (χ4v) is 7.71. The molecular formula is C20H36ClNO. The van der Waals surface area contributed by atoms with Crippen LogP contribution in [-0.2, 0) is 0 Å². The number of aliphatic hydroxyl groups excluding tert-OH is 1. The number of hydrogen-bond donors (Lipinski definition) is 2. The molecule has 134 valence electrons. The highest BCUT2D eigenvalue weighted by molar-refractivity contribution is 5.85. The molecule has 0 aromatic heterocycles. The third kappa shape index (κ3) is 2.50. The first kappa shape index (κ1) is 18.0. The Bertz CT molecular complexity index is 443. The van der Waals surface area contributed by atoms with Crippen molar-refractivity contribution in [1.29, 1.82) is 0 Å². The van der Waals surface area contributed by atoms with Crippen molar-refractivity contribution in [2.45, 2.75) is 83.8 Å². The van der Waals surface area contributed by atoms with Gasteiger partial charge < -0.3 is 10.4 Å². The molecule has 2 nitrogen and oxygen atoms in total. The lowest BCUT2D eigenvalue weighted by molar-refractivity contribution is -0.123. The second-order valence-electron chi connectivity index (χ2n) is 9.55. The van der Waals surface area contributed by atoms with E-state index in [0.717, 1.165) is 42.6 Å². The maximum Gasteiger partial charge on any atom is 0.0543 e. The smallest absolute Gasteiger partial charge is 0.0543 e. The van der Waals surface area contributed by atoms with E-state index >= 15 is 0 Å². The predicted octanol–water partition coefficient (Wildman–Crippen LogP) is 4.40. The number of nitrogens with one attached hydrogen (secondary N) is 1. The fraction of sp³-hybridized carbons (Fsp3) is 1.00. The van der Waals surface area contributed by atoms with Crippen LogP contribution in [0.5, 0.6) is 0 Å². The van der Waals surface area contributed by atoms with Gasteiger partial charge in [-0.2, -0.15) is 0 Å². The highest BCUT2D eigenvalue weighted by atomic mass is 35.5. The molecule has 0 unspecified atom stereocenters. The minimum absolute atomic E-state index is 0. The molecule has 0 amide bonds. The van der Waals surface area contributed by atoms with Gasteiger partial charge in [0.05, 0.1) is 6.10 Å². The molecule has 0 bridgehead atoms. The summed E-state index contributed by atoms with van der Waals surface area (Å²) >= 11 is 0. The van der Waals surface area contributed by atoms with E-state index < -0.39 is 0 Å². The van der Waals surface area contributed by atoms with Gasteiger partial charge in [0.15, 0.2) is 0 Å². The average Bonchev–Trinajstić information content (AvgIpc) is 2.84. The van der Waals surface area contributed by atoms with Crippen LogP contribution in [0.1, 0.15) is 71.6 Å². The molecule has 0 aliphatic heterocycles. The van der Waals surface area contributed by atoms with Crippen molar-refractivity contribution in [3.63, 3.8) is 0 Å². The Hall–Kier alpha value is 0.210. The molecular weight excluding hydrogens is 306 g/mol. The van der Waals surface area contributed by atoms with E-state index in [2.05, 4.69) is 26.2 Å². The molecule has 0 saturated heterocycles. The van der Waals surface area contributed by atoms with E-state index in [4.69, 9.17) is 0 Å². The maximum absolute atomic E-state index is 10.1. The van der Waals surface area contributed by atoms with E-state index in [-0.39, 0.29) is 18.5 Å². The van der Waals surface area contributed by atoms with Crippen LogP contribution < -0.4 is 5.32 Å². The van der Waals surface area contributed by atoms with Crippen molar-refractivity contribution in [3.8, 4) is 0 Å². The lowest BCUT2D eigenvalue weighted by atomic mass is 9.45. The maximum atomic E-state index is 10.1. The Labute approximate surface area is 148 Å². The van der Waals surface area contributed by atoms with Gasteiger partial charge in [0.2, 0.25) is 0 Å². The number of rotatable bonds is 1. The van der Waals surface area contributed by atoms with Crippen LogP contribution in [0.3, 0.4) is 0 Å². The lowest BCUT2D eigenvalue weighted by Crippen LogP contribution is -2.55. The molecule has 0 heterocycles. The highest BCUT2D eigenvalue weighted by Crippen LogP contribution is 2.66. The third-order valence-electron chi connectivity index (χ3n) is 8.99. The van der Waals surface area contributed by atoms with E-state index in [9.17, 15) is 5.11 Å². The quantitative estimate of drug-likeness (QED) is 0.740. The van der Waals surface area contributed by atoms with E-state index in [1.165, 1.54) is 44.9 Å². The van der Waals surface area contributed by atoms with E-state index in [0.29, 0.717) is 10.8 Å². The standard InChI is InChI=1S/C20H35NO.ClH/c1-19-10-8-14(22)12-13(19)4-5-15-16-6-7-18(21-3)20(16,2)11-9-17(15)19;/h13-18,21-22H,4-12H2,1-3H3;1H/t13-,14-,15-,16-,17-,18-,19-,20-;/m0./s1. The first-order valence-corrected chi connectivity index (χ1v) is 9.84. The summed E-state index contributed by atoms with van der Waals surface area (Å²) in [5, 5.41) is 13.7. The first-order chi connectivity index (χ1) is 10.5. The van der Waals surface area contributed by atoms with Crippen LogP contribution in [0.15, 0.2) is 0 Å². The van der Waals surface area contributed by atoms with Crippen molar-refractivity contribution in [3.05, 3.63) is 0 Å². The van der Waals surface area contributed by atoms with Gasteiger partial charge in [-0.25, -0.2) is 0 Å². The van der Waals surface area contributed by atoms with E-state index in [1.54, 1.807) is 0 Å². The SMILES string of the molecule is CN[C@H]1CC[C@H]2[C@@H]3CC[C@H]4C[C@@H](O)CC[C@]4(C)[C@H]3CC[C@]12C.Cl. The van der Waals surface area contributed by atoms with Crippen molar-refractivity contribution < 1.29 is 5.11 Å². The van der Waals surface area contributed by atoms with E-state index in [1.807, 2.05) is 0 Å². The van der Waals surface area contributed by atoms with Gasteiger partial charge in [0, 0.05) is 6.04 Å². The van der Waals surface area contributed by atoms with Crippen molar-refractivity contribution in [2.24, 2.45) is 34.5 Å². The lowest BCUT2D eigenvalue weighted by Gasteiger charge is -2.61. The summed E-state index contributed by atoms with van der Waals surface area (Å²) in [4.78, 5) is 0. The Morgan fingerprint density at radius 3 is 2.30 bits per heavy atom. The molecule has 4 aliphatic carbocycles. The number of aliphatic hydroxyl groups is 1. The third-order valence-corrected chi connectivity index (χ3v) is 8.99. The second-order valence-corrected chi connectivity index (χ2v) is 9.55. The summed E-state index contributed by atoms with van der Waals surface area (Å²) in [7, 11) is 2.17. The van der Waals surface area contributed by atoms with Gasteiger partial charge in [-0.15, -0.1) is 12.4 Å². The Kier molecular flexibility index (Phi) is 4.84. The van der Waals surface area contributed by atoms with Gasteiger partial charge in [0.25, 0.3) is 0 Å². The molecule has 4 fully saturated rings. The van der Waals surface area contributed by atoms with Crippen molar-refractivity contribution >= 4 is 12.4 Å². The monoisotopic (exact) mass is 341 g/mol. The second kappa shape index (κ2) is 6.18. The summed E-state index contributed by atoms with van der Waals surface area (Å²) in [6.45, 7) is 5.18. The zero-order valence-electron chi connectivity index (χ0n) is 15.2. The average molecular weight is 342 g/mol. The molecule has 0 radical (unpaired) electrons. The number of fused-ring (bicyclic) bond motifs is 5. The molecule has 3 heteroatoms. The fourth-order valence-electron chi connectivity index (χ4n) is 7.71. The molecule has 0 aromatic carbocycles. The molecule has 4 aliphatic rings. The van der Waals surface area contributed by atoms with Gasteiger partial charge in [0.1, 0.15) is 0 Å². The van der Waals surface area contributed by atoms with Crippen molar-refractivity contribution in [1.82, 2.24) is 5.32 Å². The summed E-state index contributed by atoms with van der Waals surface area (Å²) < 4.78 is 0. The zero-order chi connectivity index (χ0) is 15.5. The van der Waals surface area contributed by atoms with Crippen LogP contribution in [0.25, 0.3) is 0 Å². The Balaban J connectivity index is 0.00000156. The first-order valence-electron chi connectivity index (χ1n) is 9.84. The van der Waals surface area contributed by atoms with Crippen LogP contribution in [0.4, 0.5) is 0 Å². The predicted molar refractivity (Wildman–Crippen MR) is 97.8 cm³/mol. The normalized spacial score (nSPS) is 55.3. The summed E-state index contributed by atoms with van der Waals surface area (Å²) in [5.74, 6) is 3.65. The highest BCUT2D eigenvalue weighted by Gasteiger charge is 2.59. The van der Waals surface area contributed by atoms with Crippen LogP contribution >= 0.6 is 12.4 Å². The van der Waals surface area contributed by atoms with Crippen LogP contribution in [0, 0.1) is 34.5 Å². The van der Waals surface area contributed by atoms with Gasteiger partial charge in [-0.05, 0) is 99.3 Å².